The van der Waals surface area contributed by atoms with Crippen molar-refractivity contribution < 1.29 is 4.79 Å². The number of fused-ring (bicyclic) bond motifs is 1. The van der Waals surface area contributed by atoms with Crippen molar-refractivity contribution in [3.63, 3.8) is 0 Å². The van der Waals surface area contributed by atoms with Gasteiger partial charge in [-0.05, 0) is 37.3 Å². The van der Waals surface area contributed by atoms with Crippen molar-refractivity contribution >= 4 is 5.91 Å². The molecule has 0 spiro atoms. The molecule has 0 bridgehead atoms. The molecule has 0 aromatic carbocycles. The first kappa shape index (κ1) is 12.6. The van der Waals surface area contributed by atoms with Gasteiger partial charge in [-0.1, -0.05) is 12.8 Å². The monoisotopic (exact) mass is 259 g/mol. The molecule has 1 aliphatic carbocycles. The lowest BCUT2D eigenvalue weighted by Crippen LogP contribution is -2.39. The van der Waals surface area contributed by atoms with E-state index in [1.54, 1.807) is 12.3 Å². The second-order valence-corrected chi connectivity index (χ2v) is 5.64. The van der Waals surface area contributed by atoms with E-state index in [2.05, 4.69) is 9.88 Å². The summed E-state index contributed by atoms with van der Waals surface area (Å²) in [7, 11) is 0. The lowest BCUT2D eigenvalue weighted by molar-refractivity contribution is 0.0690. The van der Waals surface area contributed by atoms with E-state index in [-0.39, 0.29) is 5.91 Å². The van der Waals surface area contributed by atoms with Gasteiger partial charge in [-0.2, -0.15) is 0 Å². The van der Waals surface area contributed by atoms with Crippen LogP contribution in [-0.2, 0) is 6.54 Å². The van der Waals surface area contributed by atoms with Crippen molar-refractivity contribution in [3.8, 4) is 0 Å². The number of hydrogen-bond acceptors (Lipinski definition) is 3. The van der Waals surface area contributed by atoms with Crippen molar-refractivity contribution in [2.75, 3.05) is 6.54 Å². The normalized spacial score (nSPS) is 26.3. The first-order valence-electron chi connectivity index (χ1n) is 7.25. The maximum Gasteiger partial charge on any atom is 0.254 e. The minimum absolute atomic E-state index is 0.159. The number of amides is 1. The molecule has 0 radical (unpaired) electrons. The van der Waals surface area contributed by atoms with Gasteiger partial charge in [0.25, 0.3) is 5.91 Å². The molecule has 2 atom stereocenters. The smallest absolute Gasteiger partial charge is 0.254 e. The van der Waals surface area contributed by atoms with Crippen molar-refractivity contribution in [3.05, 3.63) is 29.6 Å². The third-order valence-electron chi connectivity index (χ3n) is 4.54. The molecule has 1 aromatic rings. The minimum Gasteiger partial charge on any atom is -0.335 e. The molecule has 1 saturated heterocycles. The van der Waals surface area contributed by atoms with Crippen LogP contribution in [0.2, 0.25) is 0 Å². The maximum absolute atomic E-state index is 12.6. The Balaban J connectivity index is 1.79. The molecule has 2 aliphatic rings. The fourth-order valence-electron chi connectivity index (χ4n) is 3.55. The molecule has 2 fully saturated rings. The molecule has 19 heavy (non-hydrogen) atoms. The summed E-state index contributed by atoms with van der Waals surface area (Å²) in [4.78, 5) is 18.9. The topological polar surface area (TPSA) is 59.2 Å². The Morgan fingerprint density at radius 2 is 2.21 bits per heavy atom. The average Bonchev–Trinajstić information content (AvgIpc) is 2.90. The Hall–Kier alpha value is -1.42. The number of aromatic nitrogens is 1. The lowest BCUT2D eigenvalue weighted by atomic mass is 9.85. The highest BCUT2D eigenvalue weighted by Gasteiger charge is 2.38. The molecule has 1 aromatic heterocycles. The van der Waals surface area contributed by atoms with Crippen LogP contribution in [0.15, 0.2) is 18.3 Å². The van der Waals surface area contributed by atoms with E-state index in [1.165, 1.54) is 32.1 Å². The standard InChI is InChI=1S/C15H21N3O/c16-10-13-9-12(5-7-17-13)15(19)18-8-6-11-3-1-2-4-14(11)18/h5,7,9,11,14H,1-4,6,8,10,16H2. The molecule has 4 nitrogen and oxygen atoms in total. The molecule has 4 heteroatoms. The second-order valence-electron chi connectivity index (χ2n) is 5.64. The Kier molecular flexibility index (Phi) is 3.51. The molecule has 2 N–H and O–H groups in total. The summed E-state index contributed by atoms with van der Waals surface area (Å²) in [6, 6.07) is 4.10. The Bertz CT molecular complexity index is 474. The van der Waals surface area contributed by atoms with Gasteiger partial charge in [-0.25, -0.2) is 0 Å². The minimum atomic E-state index is 0.159. The number of carbonyl (C=O) groups excluding carboxylic acids is 1. The van der Waals surface area contributed by atoms with Crippen molar-refractivity contribution in [2.24, 2.45) is 11.7 Å². The molecule has 1 amide bonds. The van der Waals surface area contributed by atoms with E-state index in [0.717, 1.165) is 23.7 Å². The summed E-state index contributed by atoms with van der Waals surface area (Å²) >= 11 is 0. The van der Waals surface area contributed by atoms with E-state index in [9.17, 15) is 4.79 Å². The van der Waals surface area contributed by atoms with E-state index in [0.29, 0.717) is 12.6 Å². The Morgan fingerprint density at radius 1 is 1.37 bits per heavy atom. The van der Waals surface area contributed by atoms with E-state index >= 15 is 0 Å². The zero-order valence-electron chi connectivity index (χ0n) is 11.2. The number of rotatable bonds is 2. The lowest BCUT2D eigenvalue weighted by Gasteiger charge is -2.31. The summed E-state index contributed by atoms with van der Waals surface area (Å²) in [6.45, 7) is 1.29. The SMILES string of the molecule is NCc1cc(C(=O)N2CCC3CCCCC32)ccn1. The molecule has 2 heterocycles. The summed E-state index contributed by atoms with van der Waals surface area (Å²) in [6.07, 6.45) is 7.91. The zero-order valence-corrected chi connectivity index (χ0v) is 11.2. The average molecular weight is 259 g/mol. The number of nitrogens with zero attached hydrogens (tertiary/aromatic N) is 2. The van der Waals surface area contributed by atoms with Gasteiger partial charge in [0.15, 0.2) is 0 Å². The number of carbonyl (C=O) groups is 1. The molecule has 1 saturated carbocycles. The summed E-state index contributed by atoms with van der Waals surface area (Å²) in [5, 5.41) is 0. The van der Waals surface area contributed by atoms with Crippen LogP contribution >= 0.6 is 0 Å². The largest absolute Gasteiger partial charge is 0.335 e. The van der Waals surface area contributed by atoms with Crippen LogP contribution in [0.5, 0.6) is 0 Å². The van der Waals surface area contributed by atoms with Crippen molar-refractivity contribution in [2.45, 2.75) is 44.7 Å². The quantitative estimate of drug-likeness (QED) is 0.883. The Labute approximate surface area is 114 Å². The highest BCUT2D eigenvalue weighted by Crippen LogP contribution is 2.36. The van der Waals surface area contributed by atoms with Gasteiger partial charge < -0.3 is 10.6 Å². The maximum atomic E-state index is 12.6. The number of hydrogen-bond donors (Lipinski definition) is 1. The number of likely N-dealkylation sites (tertiary alicyclic amines) is 1. The summed E-state index contributed by atoms with van der Waals surface area (Å²) < 4.78 is 0. The van der Waals surface area contributed by atoms with Gasteiger partial charge in [0.05, 0.1) is 5.69 Å². The third kappa shape index (κ3) is 2.37. The van der Waals surface area contributed by atoms with E-state index < -0.39 is 0 Å². The van der Waals surface area contributed by atoms with Crippen LogP contribution < -0.4 is 5.73 Å². The van der Waals surface area contributed by atoms with Gasteiger partial charge in [0.2, 0.25) is 0 Å². The highest BCUT2D eigenvalue weighted by atomic mass is 16.2. The van der Waals surface area contributed by atoms with Crippen LogP contribution in [-0.4, -0.2) is 28.4 Å². The van der Waals surface area contributed by atoms with Crippen LogP contribution in [0.25, 0.3) is 0 Å². The predicted molar refractivity (Wildman–Crippen MR) is 73.5 cm³/mol. The van der Waals surface area contributed by atoms with Gasteiger partial charge in [0, 0.05) is 30.9 Å². The highest BCUT2D eigenvalue weighted by molar-refractivity contribution is 5.94. The fourth-order valence-corrected chi connectivity index (χ4v) is 3.55. The molecular weight excluding hydrogens is 238 g/mol. The summed E-state index contributed by atoms with van der Waals surface area (Å²) in [5.74, 6) is 0.889. The molecule has 2 unspecified atom stereocenters. The molecule has 102 valence electrons. The number of pyridine rings is 1. The van der Waals surface area contributed by atoms with Crippen LogP contribution in [0.4, 0.5) is 0 Å². The van der Waals surface area contributed by atoms with E-state index in [1.807, 2.05) is 6.07 Å². The van der Waals surface area contributed by atoms with E-state index in [4.69, 9.17) is 5.73 Å². The second kappa shape index (κ2) is 5.29. The summed E-state index contributed by atoms with van der Waals surface area (Å²) in [5.41, 5.74) is 7.11. The van der Waals surface area contributed by atoms with Crippen LogP contribution in [0.3, 0.4) is 0 Å². The molecule has 1 aliphatic heterocycles. The first-order valence-corrected chi connectivity index (χ1v) is 7.25. The first-order chi connectivity index (χ1) is 9.29. The Morgan fingerprint density at radius 3 is 3.05 bits per heavy atom. The van der Waals surface area contributed by atoms with Crippen LogP contribution in [0, 0.1) is 5.92 Å². The molecule has 3 rings (SSSR count). The van der Waals surface area contributed by atoms with Gasteiger partial charge in [-0.3, -0.25) is 9.78 Å². The van der Waals surface area contributed by atoms with Gasteiger partial charge >= 0.3 is 0 Å². The van der Waals surface area contributed by atoms with Crippen molar-refractivity contribution in [1.29, 1.82) is 0 Å². The fraction of sp³-hybridized carbons (Fsp3) is 0.600. The van der Waals surface area contributed by atoms with Gasteiger partial charge in [-0.15, -0.1) is 0 Å². The third-order valence-corrected chi connectivity index (χ3v) is 4.54. The predicted octanol–water partition coefficient (Wildman–Crippen LogP) is 1.94. The molecular formula is C15H21N3O. The van der Waals surface area contributed by atoms with Gasteiger partial charge in [0.1, 0.15) is 0 Å². The van der Waals surface area contributed by atoms with Crippen LogP contribution in [0.1, 0.15) is 48.2 Å². The zero-order chi connectivity index (χ0) is 13.2. The number of nitrogens with two attached hydrogens (primary N) is 1. The van der Waals surface area contributed by atoms with Crippen molar-refractivity contribution in [1.82, 2.24) is 9.88 Å².